The fourth-order valence-electron chi connectivity index (χ4n) is 1.30. The maximum atomic E-state index is 11.7. The summed E-state index contributed by atoms with van der Waals surface area (Å²) in [6, 6.07) is 7.92. The van der Waals surface area contributed by atoms with E-state index < -0.39 is 5.41 Å². The predicted molar refractivity (Wildman–Crippen MR) is 63.9 cm³/mol. The van der Waals surface area contributed by atoms with Crippen LogP contribution in [0.3, 0.4) is 0 Å². The highest BCUT2D eigenvalue weighted by atomic mass is 16.3. The molecule has 1 rings (SSSR count). The van der Waals surface area contributed by atoms with Crippen molar-refractivity contribution >= 4 is 5.91 Å². The molecular formula is C13H19NO2. The van der Waals surface area contributed by atoms with Gasteiger partial charge in [-0.2, -0.15) is 0 Å². The monoisotopic (exact) mass is 221 g/mol. The van der Waals surface area contributed by atoms with E-state index >= 15 is 0 Å². The van der Waals surface area contributed by atoms with Crippen molar-refractivity contribution in [1.82, 2.24) is 5.32 Å². The molecule has 0 aliphatic heterocycles. The van der Waals surface area contributed by atoms with Gasteiger partial charge in [0.25, 0.3) is 0 Å². The van der Waals surface area contributed by atoms with Gasteiger partial charge in [0.2, 0.25) is 5.91 Å². The lowest BCUT2D eigenvalue weighted by atomic mass is 9.93. The molecule has 0 saturated heterocycles. The average Bonchev–Trinajstić information content (AvgIpc) is 2.27. The lowest BCUT2D eigenvalue weighted by Crippen LogP contribution is -2.39. The number of hydrogen-bond donors (Lipinski definition) is 2. The number of nitrogens with one attached hydrogen (secondary N) is 1. The highest BCUT2D eigenvalue weighted by Gasteiger charge is 2.26. The Morgan fingerprint density at radius 1 is 1.38 bits per heavy atom. The summed E-state index contributed by atoms with van der Waals surface area (Å²) < 4.78 is 0. The summed E-state index contributed by atoms with van der Waals surface area (Å²) in [6.07, 6.45) is 0. The molecule has 0 aromatic heterocycles. The molecular weight excluding hydrogens is 202 g/mol. The average molecular weight is 221 g/mol. The van der Waals surface area contributed by atoms with Crippen LogP contribution in [-0.4, -0.2) is 17.6 Å². The fraction of sp³-hybridized carbons (Fsp3) is 0.462. The third-order valence-corrected chi connectivity index (χ3v) is 2.71. The van der Waals surface area contributed by atoms with E-state index in [1.54, 1.807) is 13.8 Å². The molecule has 3 nitrogen and oxygen atoms in total. The summed E-state index contributed by atoms with van der Waals surface area (Å²) in [7, 11) is 0. The molecule has 88 valence electrons. The summed E-state index contributed by atoms with van der Waals surface area (Å²) >= 11 is 0. The highest BCUT2D eigenvalue weighted by Crippen LogP contribution is 2.14. The largest absolute Gasteiger partial charge is 0.395 e. The number of carbonyl (C=O) groups is 1. The zero-order chi connectivity index (χ0) is 12.2. The van der Waals surface area contributed by atoms with Crippen LogP contribution < -0.4 is 5.32 Å². The molecule has 0 atom stereocenters. The van der Waals surface area contributed by atoms with E-state index in [1.807, 2.05) is 31.2 Å². The van der Waals surface area contributed by atoms with E-state index in [9.17, 15) is 4.79 Å². The topological polar surface area (TPSA) is 49.3 Å². The smallest absolute Gasteiger partial charge is 0.228 e. The maximum Gasteiger partial charge on any atom is 0.228 e. The van der Waals surface area contributed by atoms with Crippen molar-refractivity contribution in [2.75, 3.05) is 6.61 Å². The van der Waals surface area contributed by atoms with Crippen LogP contribution in [0.4, 0.5) is 0 Å². The van der Waals surface area contributed by atoms with Gasteiger partial charge in [-0.1, -0.05) is 24.3 Å². The number of hydrogen-bond acceptors (Lipinski definition) is 2. The number of aliphatic hydroxyl groups is 1. The van der Waals surface area contributed by atoms with E-state index in [1.165, 1.54) is 0 Å². The van der Waals surface area contributed by atoms with E-state index in [-0.39, 0.29) is 12.5 Å². The van der Waals surface area contributed by atoms with Gasteiger partial charge in [-0.3, -0.25) is 4.79 Å². The Kier molecular flexibility index (Phi) is 4.07. The van der Waals surface area contributed by atoms with E-state index in [2.05, 4.69) is 5.32 Å². The van der Waals surface area contributed by atoms with Crippen LogP contribution in [-0.2, 0) is 11.3 Å². The van der Waals surface area contributed by atoms with Crippen LogP contribution in [0.1, 0.15) is 25.0 Å². The number of aryl methyl sites for hydroxylation is 1. The van der Waals surface area contributed by atoms with Crippen LogP contribution >= 0.6 is 0 Å². The minimum Gasteiger partial charge on any atom is -0.395 e. The Morgan fingerprint density at radius 2 is 2.00 bits per heavy atom. The fourth-order valence-corrected chi connectivity index (χ4v) is 1.30. The molecule has 1 amide bonds. The number of aliphatic hydroxyl groups excluding tert-OH is 1. The molecule has 2 N–H and O–H groups in total. The van der Waals surface area contributed by atoms with Crippen molar-refractivity contribution in [3.05, 3.63) is 35.4 Å². The van der Waals surface area contributed by atoms with Gasteiger partial charge >= 0.3 is 0 Å². The first-order valence-electron chi connectivity index (χ1n) is 5.41. The van der Waals surface area contributed by atoms with Crippen molar-refractivity contribution in [3.8, 4) is 0 Å². The zero-order valence-corrected chi connectivity index (χ0v) is 10.1. The third kappa shape index (κ3) is 3.07. The lowest BCUT2D eigenvalue weighted by Gasteiger charge is -2.20. The number of benzene rings is 1. The van der Waals surface area contributed by atoms with E-state index in [0.29, 0.717) is 6.54 Å². The van der Waals surface area contributed by atoms with Gasteiger partial charge < -0.3 is 10.4 Å². The molecule has 0 aliphatic rings. The Hall–Kier alpha value is -1.35. The first-order valence-corrected chi connectivity index (χ1v) is 5.41. The lowest BCUT2D eigenvalue weighted by molar-refractivity contribution is -0.131. The van der Waals surface area contributed by atoms with Gasteiger partial charge in [0.15, 0.2) is 0 Å². The first kappa shape index (κ1) is 12.7. The summed E-state index contributed by atoms with van der Waals surface area (Å²) in [6.45, 7) is 5.82. The Bertz CT molecular complexity index is 372. The molecule has 0 heterocycles. The van der Waals surface area contributed by atoms with Crippen molar-refractivity contribution in [3.63, 3.8) is 0 Å². The van der Waals surface area contributed by atoms with Gasteiger partial charge in [0.05, 0.1) is 12.0 Å². The van der Waals surface area contributed by atoms with E-state index in [0.717, 1.165) is 11.1 Å². The predicted octanol–water partition coefficient (Wildman–Crippen LogP) is 1.63. The molecule has 0 unspecified atom stereocenters. The second-order valence-electron chi connectivity index (χ2n) is 4.65. The Balaban J connectivity index is 2.59. The van der Waals surface area contributed by atoms with Crippen LogP contribution in [0, 0.1) is 12.3 Å². The molecule has 16 heavy (non-hydrogen) atoms. The molecule has 1 aromatic carbocycles. The van der Waals surface area contributed by atoms with Gasteiger partial charge in [-0.25, -0.2) is 0 Å². The molecule has 1 aromatic rings. The second kappa shape index (κ2) is 5.12. The van der Waals surface area contributed by atoms with Gasteiger partial charge in [-0.15, -0.1) is 0 Å². The maximum absolute atomic E-state index is 11.7. The minimum absolute atomic E-state index is 0.127. The summed E-state index contributed by atoms with van der Waals surface area (Å²) in [5, 5.41) is 11.9. The van der Waals surface area contributed by atoms with Gasteiger partial charge in [-0.05, 0) is 31.9 Å². The van der Waals surface area contributed by atoms with Crippen molar-refractivity contribution in [2.45, 2.75) is 27.3 Å². The van der Waals surface area contributed by atoms with Crippen molar-refractivity contribution < 1.29 is 9.90 Å². The summed E-state index contributed by atoms with van der Waals surface area (Å²) in [4.78, 5) is 11.7. The quantitative estimate of drug-likeness (QED) is 0.812. The minimum atomic E-state index is -0.720. The number of carbonyl (C=O) groups excluding carboxylic acids is 1. The molecule has 0 fully saturated rings. The standard InChI is InChI=1S/C13H19NO2/c1-10-6-4-5-7-11(10)8-14-12(16)13(2,3)9-15/h4-7,15H,8-9H2,1-3H3,(H,14,16). The molecule has 0 saturated carbocycles. The summed E-state index contributed by atoms with van der Waals surface area (Å²) in [5.41, 5.74) is 1.54. The molecule has 3 heteroatoms. The van der Waals surface area contributed by atoms with Crippen LogP contribution in [0.15, 0.2) is 24.3 Å². The van der Waals surface area contributed by atoms with Gasteiger partial charge in [0, 0.05) is 6.54 Å². The second-order valence-corrected chi connectivity index (χ2v) is 4.65. The number of rotatable bonds is 4. The molecule has 0 spiro atoms. The molecule has 0 radical (unpaired) electrons. The van der Waals surface area contributed by atoms with Crippen molar-refractivity contribution in [2.24, 2.45) is 5.41 Å². The number of amides is 1. The Morgan fingerprint density at radius 3 is 2.56 bits per heavy atom. The van der Waals surface area contributed by atoms with Crippen LogP contribution in [0.25, 0.3) is 0 Å². The first-order chi connectivity index (χ1) is 7.47. The van der Waals surface area contributed by atoms with E-state index in [4.69, 9.17) is 5.11 Å². The van der Waals surface area contributed by atoms with Crippen LogP contribution in [0.2, 0.25) is 0 Å². The third-order valence-electron chi connectivity index (χ3n) is 2.71. The molecule has 0 aliphatic carbocycles. The summed E-state index contributed by atoms with van der Waals surface area (Å²) in [5.74, 6) is -0.127. The Labute approximate surface area is 96.5 Å². The molecule has 0 bridgehead atoms. The SMILES string of the molecule is Cc1ccccc1CNC(=O)C(C)(C)CO. The van der Waals surface area contributed by atoms with Crippen molar-refractivity contribution in [1.29, 1.82) is 0 Å². The normalized spacial score (nSPS) is 11.2. The highest BCUT2D eigenvalue weighted by molar-refractivity contribution is 5.81. The zero-order valence-electron chi connectivity index (χ0n) is 10.1. The van der Waals surface area contributed by atoms with Gasteiger partial charge in [0.1, 0.15) is 0 Å². The van der Waals surface area contributed by atoms with Crippen LogP contribution in [0.5, 0.6) is 0 Å².